The van der Waals surface area contributed by atoms with Crippen molar-refractivity contribution >= 4 is 17.2 Å². The van der Waals surface area contributed by atoms with Crippen LogP contribution >= 0.6 is 0 Å². The second-order valence-corrected chi connectivity index (χ2v) is 9.98. The molecule has 0 aromatic heterocycles. The molecule has 0 spiro atoms. The number of anilines is 1. The number of carbonyl (C=O) groups excluding carboxylic acids is 1. The molecule has 0 bridgehead atoms. The van der Waals surface area contributed by atoms with Crippen molar-refractivity contribution in [3.05, 3.63) is 107 Å². The molecule has 1 saturated heterocycles. The third-order valence-corrected chi connectivity index (χ3v) is 7.58. The number of nitrogens with zero attached hydrogens (tertiary/aromatic N) is 1. The third-order valence-electron chi connectivity index (χ3n) is 7.58. The van der Waals surface area contributed by atoms with E-state index >= 15 is 0 Å². The molecule has 4 nitrogen and oxygen atoms in total. The Balaban J connectivity index is 1.28. The minimum absolute atomic E-state index is 0.239. The number of rotatable bonds is 7. The molecule has 1 aliphatic carbocycles. The molecule has 0 atom stereocenters. The van der Waals surface area contributed by atoms with Gasteiger partial charge in [0.1, 0.15) is 0 Å². The van der Waals surface area contributed by atoms with E-state index in [0.717, 1.165) is 57.4 Å². The maximum absolute atomic E-state index is 11.9. The van der Waals surface area contributed by atoms with Crippen LogP contribution in [0.25, 0.3) is 5.57 Å². The predicted molar refractivity (Wildman–Crippen MR) is 144 cm³/mol. The summed E-state index contributed by atoms with van der Waals surface area (Å²) in [5, 5.41) is 3.64. The number of amides is 1. The highest BCUT2D eigenvalue weighted by atomic mass is 16.1. The van der Waals surface area contributed by atoms with E-state index in [1.54, 1.807) is 0 Å². The molecule has 4 heteroatoms. The number of piperidine rings is 1. The Labute approximate surface area is 208 Å². The molecule has 0 saturated carbocycles. The van der Waals surface area contributed by atoms with Crippen molar-refractivity contribution in [1.82, 2.24) is 4.90 Å². The minimum atomic E-state index is -0.263. The van der Waals surface area contributed by atoms with E-state index in [-0.39, 0.29) is 11.4 Å². The summed E-state index contributed by atoms with van der Waals surface area (Å²) in [5.74, 6) is -0.239. The Kier molecular flexibility index (Phi) is 7.01. The van der Waals surface area contributed by atoms with Crippen molar-refractivity contribution in [1.29, 1.82) is 0 Å². The Bertz CT molecular complexity index is 1140. The lowest BCUT2D eigenvalue weighted by Crippen LogP contribution is -2.51. The number of nitrogens with two attached hydrogens (primary N) is 1. The van der Waals surface area contributed by atoms with E-state index in [0.29, 0.717) is 6.42 Å². The lowest BCUT2D eigenvalue weighted by molar-refractivity contribution is -0.119. The molecule has 0 unspecified atom stereocenters. The first-order valence-corrected chi connectivity index (χ1v) is 12.8. The van der Waals surface area contributed by atoms with Crippen LogP contribution in [-0.2, 0) is 17.6 Å². The van der Waals surface area contributed by atoms with Gasteiger partial charge in [-0.25, -0.2) is 0 Å². The molecule has 1 fully saturated rings. The Morgan fingerprint density at radius 1 is 0.857 bits per heavy atom. The Morgan fingerprint density at radius 3 is 2.03 bits per heavy atom. The molecule has 180 valence electrons. The molecule has 1 aliphatic heterocycles. The summed E-state index contributed by atoms with van der Waals surface area (Å²) in [6.45, 7) is 2.94. The normalized spacial score (nSPS) is 17.1. The molecule has 3 aromatic rings. The average Bonchev–Trinajstić information content (AvgIpc) is 3.03. The number of nitrogens with one attached hydrogen (secondary N) is 1. The summed E-state index contributed by atoms with van der Waals surface area (Å²) in [6, 6.07) is 27.9. The van der Waals surface area contributed by atoms with Crippen molar-refractivity contribution in [2.45, 2.75) is 44.1 Å². The van der Waals surface area contributed by atoms with Crippen LogP contribution in [0.4, 0.5) is 5.69 Å². The van der Waals surface area contributed by atoms with Gasteiger partial charge in [-0.05, 0) is 72.1 Å². The zero-order valence-corrected chi connectivity index (χ0v) is 20.4. The fourth-order valence-electron chi connectivity index (χ4n) is 5.74. The topological polar surface area (TPSA) is 58.4 Å². The van der Waals surface area contributed by atoms with Crippen molar-refractivity contribution in [3.8, 4) is 0 Å². The zero-order valence-electron chi connectivity index (χ0n) is 20.4. The summed E-state index contributed by atoms with van der Waals surface area (Å²) >= 11 is 0. The number of benzene rings is 3. The zero-order chi connectivity index (χ0) is 24.1. The molecule has 1 heterocycles. The van der Waals surface area contributed by atoms with Gasteiger partial charge in [0, 0.05) is 37.3 Å². The molecule has 3 N–H and O–H groups in total. The molecule has 0 radical (unpaired) electrons. The van der Waals surface area contributed by atoms with E-state index in [4.69, 9.17) is 5.73 Å². The van der Waals surface area contributed by atoms with Gasteiger partial charge in [0.05, 0.1) is 0 Å². The second-order valence-electron chi connectivity index (χ2n) is 9.98. The predicted octanol–water partition coefficient (Wildman–Crippen LogP) is 5.43. The van der Waals surface area contributed by atoms with E-state index in [2.05, 4.69) is 77.0 Å². The van der Waals surface area contributed by atoms with E-state index < -0.39 is 0 Å². The molecule has 35 heavy (non-hydrogen) atoms. The maximum atomic E-state index is 11.9. The number of para-hydroxylation sites is 1. The van der Waals surface area contributed by atoms with Crippen LogP contribution in [0.1, 0.15) is 47.9 Å². The van der Waals surface area contributed by atoms with Crippen molar-refractivity contribution in [2.75, 3.05) is 25.0 Å². The number of primary amides is 1. The van der Waals surface area contributed by atoms with E-state index in [9.17, 15) is 4.79 Å². The first-order valence-electron chi connectivity index (χ1n) is 12.8. The number of carbonyl (C=O) groups is 1. The van der Waals surface area contributed by atoms with Crippen LogP contribution in [0.15, 0.2) is 84.9 Å². The molecule has 5 rings (SSSR count). The minimum Gasteiger partial charge on any atom is -0.379 e. The molecular weight excluding hydrogens is 430 g/mol. The van der Waals surface area contributed by atoms with E-state index in [1.165, 1.54) is 27.8 Å². The van der Waals surface area contributed by atoms with Crippen molar-refractivity contribution < 1.29 is 4.79 Å². The number of aryl methyl sites for hydroxylation is 2. The number of likely N-dealkylation sites (tertiary alicyclic amines) is 1. The van der Waals surface area contributed by atoms with Crippen LogP contribution in [0.3, 0.4) is 0 Å². The molecule has 1 amide bonds. The molecule has 3 aromatic carbocycles. The lowest BCUT2D eigenvalue weighted by Gasteiger charge is -2.42. The maximum Gasteiger partial charge on any atom is 0.219 e. The smallest absolute Gasteiger partial charge is 0.219 e. The van der Waals surface area contributed by atoms with Gasteiger partial charge < -0.3 is 16.0 Å². The van der Waals surface area contributed by atoms with Crippen LogP contribution < -0.4 is 11.1 Å². The van der Waals surface area contributed by atoms with Crippen molar-refractivity contribution in [3.63, 3.8) is 0 Å². The van der Waals surface area contributed by atoms with Gasteiger partial charge >= 0.3 is 0 Å². The summed E-state index contributed by atoms with van der Waals surface area (Å²) < 4.78 is 0. The van der Waals surface area contributed by atoms with Gasteiger partial charge in [0.25, 0.3) is 0 Å². The number of hydrogen-bond acceptors (Lipinski definition) is 3. The first-order chi connectivity index (χ1) is 17.1. The average molecular weight is 466 g/mol. The second kappa shape index (κ2) is 10.5. The SMILES string of the molecule is NC(=O)CC1(Nc2ccccc2)CCN(CCC=C2c3ccccc3CCc3ccccc32)CC1. The standard InChI is InChI=1S/C31H35N3O/c32-30(35)23-31(33-26-11-2-1-3-12-26)18-21-34(22-19-31)20-8-15-29-27-13-6-4-9-24(27)16-17-25-10-5-7-14-28(25)29/h1-7,9-15,33H,8,16-23H2,(H2,32,35). The highest BCUT2D eigenvalue weighted by Gasteiger charge is 2.35. The van der Waals surface area contributed by atoms with Crippen LogP contribution in [0.5, 0.6) is 0 Å². The monoisotopic (exact) mass is 465 g/mol. The van der Waals surface area contributed by atoms with Gasteiger partial charge in [-0.1, -0.05) is 72.8 Å². The Hall–Kier alpha value is -3.37. The van der Waals surface area contributed by atoms with Crippen molar-refractivity contribution in [2.24, 2.45) is 5.73 Å². The highest BCUT2D eigenvalue weighted by Crippen LogP contribution is 2.34. The van der Waals surface area contributed by atoms with Gasteiger partial charge in [0.15, 0.2) is 0 Å². The van der Waals surface area contributed by atoms with Gasteiger partial charge in [0.2, 0.25) is 5.91 Å². The fraction of sp³-hybridized carbons (Fsp3) is 0.323. The van der Waals surface area contributed by atoms with Crippen LogP contribution in [0, 0.1) is 0 Å². The largest absolute Gasteiger partial charge is 0.379 e. The summed E-state index contributed by atoms with van der Waals surface area (Å²) in [7, 11) is 0. The molecular formula is C31H35N3O. The molecule has 2 aliphatic rings. The first kappa shape index (κ1) is 23.4. The van der Waals surface area contributed by atoms with Crippen LogP contribution in [0.2, 0.25) is 0 Å². The summed E-state index contributed by atoms with van der Waals surface area (Å²) in [4.78, 5) is 14.4. The highest BCUT2D eigenvalue weighted by molar-refractivity contribution is 5.84. The summed E-state index contributed by atoms with van der Waals surface area (Å²) in [6.07, 6.45) is 7.82. The Morgan fingerprint density at radius 2 is 1.43 bits per heavy atom. The van der Waals surface area contributed by atoms with Crippen LogP contribution in [-0.4, -0.2) is 36.0 Å². The van der Waals surface area contributed by atoms with E-state index in [1.807, 2.05) is 18.2 Å². The number of hydrogen-bond donors (Lipinski definition) is 2. The number of fused-ring (bicyclic) bond motifs is 2. The van der Waals surface area contributed by atoms with Gasteiger partial charge in [-0.2, -0.15) is 0 Å². The lowest BCUT2D eigenvalue weighted by atomic mass is 9.83. The fourth-order valence-corrected chi connectivity index (χ4v) is 5.74. The van der Waals surface area contributed by atoms with Gasteiger partial charge in [-0.3, -0.25) is 4.79 Å². The van der Waals surface area contributed by atoms with Gasteiger partial charge in [-0.15, -0.1) is 0 Å². The summed E-state index contributed by atoms with van der Waals surface area (Å²) in [5.41, 5.74) is 13.5. The quantitative estimate of drug-likeness (QED) is 0.489. The third kappa shape index (κ3) is 5.49.